The number of carbonyl (C=O) groups excluding carboxylic acids is 1. The minimum absolute atomic E-state index is 0.00724. The molecule has 3 rings (SSSR count). The standard InChI is InChI=1S/C19H17Cl2F3N2O4S/c20-12-3-5-16(14(9-12)19(22,23)24)25-18(27)11-30-17-6-4-13(10-15(17)21)31(28,29)26-7-1-2-8-26/h3-6,9-10H,1-2,7-8,11H2,(H,25,27). The summed E-state index contributed by atoms with van der Waals surface area (Å²) in [5.41, 5.74) is -1.56. The minimum Gasteiger partial charge on any atom is -0.482 e. The lowest BCUT2D eigenvalue weighted by atomic mass is 10.1. The first-order valence-corrected chi connectivity index (χ1v) is 11.3. The summed E-state index contributed by atoms with van der Waals surface area (Å²) in [4.78, 5) is 12.1. The van der Waals surface area contributed by atoms with Gasteiger partial charge in [0.25, 0.3) is 5.91 Å². The van der Waals surface area contributed by atoms with E-state index in [0.29, 0.717) is 19.2 Å². The third kappa shape index (κ3) is 5.62. The first kappa shape index (κ1) is 23.6. The van der Waals surface area contributed by atoms with Crippen molar-refractivity contribution in [1.82, 2.24) is 4.31 Å². The summed E-state index contributed by atoms with van der Waals surface area (Å²) >= 11 is 11.7. The van der Waals surface area contributed by atoms with Gasteiger partial charge < -0.3 is 10.1 Å². The monoisotopic (exact) mass is 496 g/mol. The summed E-state index contributed by atoms with van der Waals surface area (Å²) in [5, 5.41) is 1.95. The van der Waals surface area contributed by atoms with Gasteiger partial charge in [-0.3, -0.25) is 4.79 Å². The maximum atomic E-state index is 13.1. The molecular formula is C19H17Cl2F3N2O4S. The van der Waals surface area contributed by atoms with E-state index in [1.807, 2.05) is 0 Å². The molecule has 0 atom stereocenters. The third-order valence-electron chi connectivity index (χ3n) is 4.53. The second kappa shape index (κ2) is 9.23. The first-order valence-electron chi connectivity index (χ1n) is 9.07. The molecule has 0 bridgehead atoms. The fraction of sp³-hybridized carbons (Fsp3) is 0.316. The highest BCUT2D eigenvalue weighted by atomic mass is 35.5. The van der Waals surface area contributed by atoms with Gasteiger partial charge >= 0.3 is 6.18 Å². The van der Waals surface area contributed by atoms with Crippen LogP contribution in [0.1, 0.15) is 18.4 Å². The van der Waals surface area contributed by atoms with Gasteiger partial charge in [-0.25, -0.2) is 8.42 Å². The topological polar surface area (TPSA) is 75.7 Å². The molecule has 1 N–H and O–H groups in total. The molecule has 1 aliphatic rings. The lowest BCUT2D eigenvalue weighted by molar-refractivity contribution is -0.137. The zero-order valence-corrected chi connectivity index (χ0v) is 18.2. The van der Waals surface area contributed by atoms with Gasteiger partial charge in [-0.15, -0.1) is 0 Å². The highest BCUT2D eigenvalue weighted by molar-refractivity contribution is 7.89. The fourth-order valence-electron chi connectivity index (χ4n) is 3.03. The van der Waals surface area contributed by atoms with Gasteiger partial charge in [0.15, 0.2) is 6.61 Å². The van der Waals surface area contributed by atoms with Crippen LogP contribution in [0.15, 0.2) is 41.3 Å². The normalized spacial score (nSPS) is 15.1. The minimum atomic E-state index is -4.71. The van der Waals surface area contributed by atoms with Crippen LogP contribution in [0.2, 0.25) is 10.0 Å². The molecule has 0 radical (unpaired) electrons. The molecule has 1 fully saturated rings. The molecule has 0 spiro atoms. The molecule has 31 heavy (non-hydrogen) atoms. The number of amides is 1. The summed E-state index contributed by atoms with van der Waals surface area (Å²) in [5.74, 6) is -0.845. The van der Waals surface area contributed by atoms with E-state index in [2.05, 4.69) is 5.32 Å². The Bertz CT molecular complexity index is 1090. The number of nitrogens with zero attached hydrogens (tertiary/aromatic N) is 1. The highest BCUT2D eigenvalue weighted by Gasteiger charge is 2.34. The number of benzene rings is 2. The number of hydrogen-bond donors (Lipinski definition) is 1. The van der Waals surface area contributed by atoms with Gasteiger partial charge in [0, 0.05) is 18.1 Å². The Kier molecular flexibility index (Phi) is 7.04. The zero-order chi connectivity index (χ0) is 22.8. The van der Waals surface area contributed by atoms with Crippen molar-refractivity contribution >= 4 is 44.8 Å². The van der Waals surface area contributed by atoms with Gasteiger partial charge in [0.1, 0.15) is 5.75 Å². The van der Waals surface area contributed by atoms with E-state index in [9.17, 15) is 26.4 Å². The number of carbonyl (C=O) groups is 1. The van der Waals surface area contributed by atoms with Crippen molar-refractivity contribution in [2.45, 2.75) is 23.9 Å². The van der Waals surface area contributed by atoms with Crippen LogP contribution in [0, 0.1) is 0 Å². The van der Waals surface area contributed by atoms with Crippen molar-refractivity contribution in [3.05, 3.63) is 52.0 Å². The van der Waals surface area contributed by atoms with Crippen molar-refractivity contribution in [2.24, 2.45) is 0 Å². The number of nitrogens with one attached hydrogen (secondary N) is 1. The van der Waals surface area contributed by atoms with E-state index in [0.717, 1.165) is 18.9 Å². The lowest BCUT2D eigenvalue weighted by Crippen LogP contribution is -2.27. The molecule has 0 aliphatic carbocycles. The summed E-state index contributed by atoms with van der Waals surface area (Å²) in [6.45, 7) is 0.226. The summed E-state index contributed by atoms with van der Waals surface area (Å²) in [7, 11) is -3.68. The van der Waals surface area contributed by atoms with E-state index in [1.54, 1.807) is 0 Å². The van der Waals surface area contributed by atoms with Crippen LogP contribution in [0.4, 0.5) is 18.9 Å². The van der Waals surface area contributed by atoms with Crippen molar-refractivity contribution in [2.75, 3.05) is 25.0 Å². The summed E-state index contributed by atoms with van der Waals surface area (Å²) in [6.07, 6.45) is -3.14. The van der Waals surface area contributed by atoms with Gasteiger partial charge in [0.05, 0.1) is 21.2 Å². The Morgan fingerprint density at radius 1 is 1.10 bits per heavy atom. The largest absolute Gasteiger partial charge is 0.482 e. The number of anilines is 1. The molecule has 0 aromatic heterocycles. The number of ether oxygens (including phenoxy) is 1. The Balaban J connectivity index is 1.67. The van der Waals surface area contributed by atoms with Crippen molar-refractivity contribution in [1.29, 1.82) is 0 Å². The predicted molar refractivity (Wildman–Crippen MR) is 110 cm³/mol. The molecule has 1 aliphatic heterocycles. The number of alkyl halides is 3. The molecule has 1 amide bonds. The number of sulfonamides is 1. The molecule has 168 valence electrons. The maximum Gasteiger partial charge on any atom is 0.418 e. The third-order valence-corrected chi connectivity index (χ3v) is 6.95. The second-order valence-corrected chi connectivity index (χ2v) is 9.51. The number of hydrogen-bond acceptors (Lipinski definition) is 4. The molecule has 12 heteroatoms. The molecule has 0 unspecified atom stereocenters. The SMILES string of the molecule is O=C(COc1ccc(S(=O)(=O)N2CCCC2)cc1Cl)Nc1ccc(Cl)cc1C(F)(F)F. The lowest BCUT2D eigenvalue weighted by Gasteiger charge is -2.17. The zero-order valence-electron chi connectivity index (χ0n) is 15.9. The van der Waals surface area contributed by atoms with Crippen LogP contribution in [0.3, 0.4) is 0 Å². The van der Waals surface area contributed by atoms with Crippen LogP contribution in [-0.2, 0) is 21.0 Å². The molecular weight excluding hydrogens is 480 g/mol. The number of rotatable bonds is 6. The van der Waals surface area contributed by atoms with Crippen molar-refractivity contribution in [3.8, 4) is 5.75 Å². The second-order valence-electron chi connectivity index (χ2n) is 6.73. The summed E-state index contributed by atoms with van der Waals surface area (Å²) in [6, 6.07) is 6.76. The fourth-order valence-corrected chi connectivity index (χ4v) is 5.04. The van der Waals surface area contributed by atoms with Gasteiger partial charge in [-0.2, -0.15) is 17.5 Å². The van der Waals surface area contributed by atoms with E-state index < -0.39 is 40.0 Å². The molecule has 0 saturated carbocycles. The Morgan fingerprint density at radius 3 is 2.39 bits per heavy atom. The van der Waals surface area contributed by atoms with Crippen LogP contribution in [0.25, 0.3) is 0 Å². The predicted octanol–water partition coefficient (Wildman–Crippen LogP) is 4.81. The molecule has 1 heterocycles. The van der Waals surface area contributed by atoms with Crippen molar-refractivity contribution < 1.29 is 31.1 Å². The summed E-state index contributed by atoms with van der Waals surface area (Å²) < 4.78 is 71.1. The number of halogens is 5. The molecule has 1 saturated heterocycles. The van der Waals surface area contributed by atoms with E-state index in [-0.39, 0.29) is 20.7 Å². The quantitative estimate of drug-likeness (QED) is 0.622. The van der Waals surface area contributed by atoms with E-state index in [4.69, 9.17) is 27.9 Å². The van der Waals surface area contributed by atoms with Gasteiger partial charge in [0.2, 0.25) is 10.0 Å². The molecule has 2 aromatic rings. The van der Waals surface area contributed by atoms with Gasteiger partial charge in [-0.1, -0.05) is 23.2 Å². The van der Waals surface area contributed by atoms with Crippen LogP contribution < -0.4 is 10.1 Å². The molecule has 2 aromatic carbocycles. The van der Waals surface area contributed by atoms with Crippen LogP contribution in [-0.4, -0.2) is 38.3 Å². The van der Waals surface area contributed by atoms with Crippen LogP contribution >= 0.6 is 23.2 Å². The maximum absolute atomic E-state index is 13.1. The average Bonchev–Trinajstić information content (AvgIpc) is 3.23. The Hall–Kier alpha value is -2.01. The van der Waals surface area contributed by atoms with Crippen LogP contribution in [0.5, 0.6) is 5.75 Å². The van der Waals surface area contributed by atoms with Gasteiger partial charge in [-0.05, 0) is 49.2 Å². The van der Waals surface area contributed by atoms with Crippen molar-refractivity contribution in [3.63, 3.8) is 0 Å². The Labute approximate surface area is 186 Å². The highest BCUT2D eigenvalue weighted by Crippen LogP contribution is 2.36. The Morgan fingerprint density at radius 2 is 1.77 bits per heavy atom. The molecule has 6 nitrogen and oxygen atoms in total. The van der Waals surface area contributed by atoms with E-state index in [1.165, 1.54) is 28.6 Å². The smallest absolute Gasteiger partial charge is 0.418 e. The average molecular weight is 497 g/mol. The van der Waals surface area contributed by atoms with E-state index >= 15 is 0 Å². The first-order chi connectivity index (χ1) is 14.5.